The zero-order chi connectivity index (χ0) is 17.6. The molecule has 1 heterocycles. The quantitative estimate of drug-likeness (QED) is 0.889. The minimum Gasteiger partial charge on any atom is -0.455 e. The number of ether oxygens (including phenoxy) is 1. The summed E-state index contributed by atoms with van der Waals surface area (Å²) in [6.07, 6.45) is 0. The van der Waals surface area contributed by atoms with Gasteiger partial charge in [-0.2, -0.15) is 0 Å². The molecule has 1 aliphatic rings. The number of nitrogens with zero attached hydrogens (tertiary/aromatic N) is 2. The van der Waals surface area contributed by atoms with E-state index in [0.29, 0.717) is 28.8 Å². The Labute approximate surface area is 153 Å². The van der Waals surface area contributed by atoms with Gasteiger partial charge in [0.05, 0.1) is 12.2 Å². The van der Waals surface area contributed by atoms with Gasteiger partial charge in [0, 0.05) is 31.2 Å². The molecule has 1 N–H and O–H groups in total. The number of carbonyl (C=O) groups is 1. The maximum absolute atomic E-state index is 12.4. The molecule has 0 bridgehead atoms. The highest BCUT2D eigenvalue weighted by Gasteiger charge is 2.17. The Morgan fingerprint density at radius 2 is 1.84 bits per heavy atom. The van der Waals surface area contributed by atoms with Crippen molar-refractivity contribution in [2.75, 3.05) is 45.1 Å². The summed E-state index contributed by atoms with van der Waals surface area (Å²) in [6, 6.07) is 14.7. The zero-order valence-corrected chi connectivity index (χ0v) is 15.0. The Hall–Kier alpha value is -2.08. The van der Waals surface area contributed by atoms with E-state index in [-0.39, 0.29) is 5.91 Å². The predicted molar refractivity (Wildman–Crippen MR) is 101 cm³/mol. The molecule has 0 saturated carbocycles. The fourth-order valence-electron chi connectivity index (χ4n) is 2.70. The molecule has 0 radical (unpaired) electrons. The first-order valence-electron chi connectivity index (χ1n) is 8.33. The molecule has 132 valence electrons. The van der Waals surface area contributed by atoms with Gasteiger partial charge in [-0.25, -0.2) is 0 Å². The Morgan fingerprint density at radius 3 is 2.56 bits per heavy atom. The van der Waals surface area contributed by atoms with E-state index in [9.17, 15) is 4.79 Å². The molecule has 0 spiro atoms. The summed E-state index contributed by atoms with van der Waals surface area (Å²) in [5, 5.41) is 3.48. The Kier molecular flexibility index (Phi) is 5.91. The number of nitrogens with one attached hydrogen (secondary N) is 1. The van der Waals surface area contributed by atoms with Crippen LogP contribution in [0, 0.1) is 0 Å². The van der Waals surface area contributed by atoms with Crippen LogP contribution in [0.1, 0.15) is 0 Å². The monoisotopic (exact) mass is 359 g/mol. The van der Waals surface area contributed by atoms with Gasteiger partial charge in [0.2, 0.25) is 5.91 Å². The van der Waals surface area contributed by atoms with Crippen LogP contribution in [0.4, 0.5) is 5.69 Å². The second-order valence-corrected chi connectivity index (χ2v) is 6.62. The third kappa shape index (κ3) is 5.19. The molecule has 0 atom stereocenters. The van der Waals surface area contributed by atoms with Gasteiger partial charge in [0.15, 0.2) is 5.75 Å². The molecule has 0 unspecified atom stereocenters. The summed E-state index contributed by atoms with van der Waals surface area (Å²) >= 11 is 6.09. The summed E-state index contributed by atoms with van der Waals surface area (Å²) in [7, 11) is 2.09. The predicted octanol–water partition coefficient (Wildman–Crippen LogP) is 3.32. The largest absolute Gasteiger partial charge is 0.455 e. The van der Waals surface area contributed by atoms with E-state index in [2.05, 4.69) is 22.2 Å². The number of rotatable bonds is 5. The first-order valence-corrected chi connectivity index (χ1v) is 8.71. The molecule has 2 aromatic carbocycles. The van der Waals surface area contributed by atoms with E-state index in [1.54, 1.807) is 18.2 Å². The number of benzene rings is 2. The van der Waals surface area contributed by atoms with Crippen LogP contribution < -0.4 is 10.1 Å². The van der Waals surface area contributed by atoms with Crippen molar-refractivity contribution in [3.8, 4) is 11.5 Å². The van der Waals surface area contributed by atoms with Gasteiger partial charge in [0.25, 0.3) is 0 Å². The summed E-state index contributed by atoms with van der Waals surface area (Å²) in [6.45, 7) is 4.12. The van der Waals surface area contributed by atoms with Crippen LogP contribution in [0.15, 0.2) is 48.5 Å². The van der Waals surface area contributed by atoms with Gasteiger partial charge in [-0.15, -0.1) is 0 Å². The molecule has 1 aliphatic heterocycles. The van der Waals surface area contributed by atoms with Gasteiger partial charge < -0.3 is 15.0 Å². The number of hydrogen-bond donors (Lipinski definition) is 1. The van der Waals surface area contributed by atoms with Gasteiger partial charge in [0.1, 0.15) is 5.75 Å². The second-order valence-electron chi connectivity index (χ2n) is 6.18. The van der Waals surface area contributed by atoms with Gasteiger partial charge in [-0.3, -0.25) is 9.69 Å². The number of anilines is 1. The minimum atomic E-state index is -0.0651. The highest BCUT2D eigenvalue weighted by atomic mass is 35.5. The van der Waals surface area contributed by atoms with Gasteiger partial charge in [-0.1, -0.05) is 29.8 Å². The van der Waals surface area contributed by atoms with E-state index in [1.165, 1.54) is 0 Å². The van der Waals surface area contributed by atoms with Crippen LogP contribution in [0.25, 0.3) is 0 Å². The minimum absolute atomic E-state index is 0.0651. The normalized spacial score (nSPS) is 15.8. The van der Waals surface area contributed by atoms with Crippen molar-refractivity contribution in [2.24, 2.45) is 0 Å². The first kappa shape index (κ1) is 17.7. The lowest BCUT2D eigenvalue weighted by Gasteiger charge is -2.31. The van der Waals surface area contributed by atoms with E-state index < -0.39 is 0 Å². The summed E-state index contributed by atoms with van der Waals surface area (Å²) in [4.78, 5) is 16.8. The van der Waals surface area contributed by atoms with Crippen LogP contribution in [-0.4, -0.2) is 55.5 Å². The number of piperazine rings is 1. The van der Waals surface area contributed by atoms with E-state index in [0.717, 1.165) is 26.2 Å². The zero-order valence-electron chi connectivity index (χ0n) is 14.2. The fourth-order valence-corrected chi connectivity index (χ4v) is 2.88. The van der Waals surface area contributed by atoms with Crippen molar-refractivity contribution >= 4 is 23.2 Å². The molecule has 1 saturated heterocycles. The average molecular weight is 360 g/mol. The van der Waals surface area contributed by atoms with E-state index in [1.807, 2.05) is 30.3 Å². The van der Waals surface area contributed by atoms with Crippen LogP contribution in [0.5, 0.6) is 11.5 Å². The van der Waals surface area contributed by atoms with Crippen molar-refractivity contribution in [1.82, 2.24) is 9.80 Å². The number of amides is 1. The smallest absolute Gasteiger partial charge is 0.238 e. The topological polar surface area (TPSA) is 44.8 Å². The molecular weight excluding hydrogens is 338 g/mol. The van der Waals surface area contributed by atoms with E-state index >= 15 is 0 Å². The van der Waals surface area contributed by atoms with Crippen molar-refractivity contribution in [3.05, 3.63) is 53.6 Å². The Balaban J connectivity index is 1.66. The highest BCUT2D eigenvalue weighted by molar-refractivity contribution is 6.31. The Morgan fingerprint density at radius 1 is 1.12 bits per heavy atom. The van der Waals surface area contributed by atoms with Crippen LogP contribution >= 0.6 is 11.6 Å². The van der Waals surface area contributed by atoms with Gasteiger partial charge in [-0.05, 0) is 37.4 Å². The molecule has 1 fully saturated rings. The lowest BCUT2D eigenvalue weighted by Crippen LogP contribution is -2.47. The molecule has 2 aromatic rings. The Bertz CT molecular complexity index is 716. The van der Waals surface area contributed by atoms with Crippen LogP contribution in [0.3, 0.4) is 0 Å². The first-order chi connectivity index (χ1) is 12.1. The molecule has 6 heteroatoms. The molecule has 3 rings (SSSR count). The standard InChI is InChI=1S/C19H22ClN3O2/c1-22-9-11-23(12-10-22)14-19(24)21-17-13-15(20)7-8-18(17)25-16-5-3-2-4-6-16/h2-8,13H,9-12,14H2,1H3,(H,21,24). The van der Waals surface area contributed by atoms with Crippen molar-refractivity contribution in [2.45, 2.75) is 0 Å². The third-order valence-electron chi connectivity index (χ3n) is 4.15. The molecular formula is C19H22ClN3O2. The maximum Gasteiger partial charge on any atom is 0.238 e. The van der Waals surface area contributed by atoms with Crippen LogP contribution in [0.2, 0.25) is 5.02 Å². The fraction of sp³-hybridized carbons (Fsp3) is 0.316. The molecule has 5 nitrogen and oxygen atoms in total. The molecule has 0 aliphatic carbocycles. The number of carbonyl (C=O) groups excluding carboxylic acids is 1. The number of halogens is 1. The summed E-state index contributed by atoms with van der Waals surface area (Å²) in [5.41, 5.74) is 0.579. The summed E-state index contributed by atoms with van der Waals surface area (Å²) < 4.78 is 5.88. The number of hydrogen-bond acceptors (Lipinski definition) is 4. The van der Waals surface area contributed by atoms with E-state index in [4.69, 9.17) is 16.3 Å². The summed E-state index contributed by atoms with van der Waals surface area (Å²) in [5.74, 6) is 1.21. The van der Waals surface area contributed by atoms with Crippen molar-refractivity contribution in [3.63, 3.8) is 0 Å². The van der Waals surface area contributed by atoms with Crippen LogP contribution in [-0.2, 0) is 4.79 Å². The van der Waals surface area contributed by atoms with Crippen molar-refractivity contribution < 1.29 is 9.53 Å². The lowest BCUT2D eigenvalue weighted by atomic mass is 10.2. The number of likely N-dealkylation sites (N-methyl/N-ethyl adjacent to an activating group) is 1. The maximum atomic E-state index is 12.4. The molecule has 1 amide bonds. The molecule has 0 aromatic heterocycles. The average Bonchev–Trinajstić information content (AvgIpc) is 2.60. The molecule has 25 heavy (non-hydrogen) atoms. The third-order valence-corrected chi connectivity index (χ3v) is 4.38. The van der Waals surface area contributed by atoms with Gasteiger partial charge >= 0.3 is 0 Å². The number of para-hydroxylation sites is 1. The SMILES string of the molecule is CN1CCN(CC(=O)Nc2cc(Cl)ccc2Oc2ccccc2)CC1. The van der Waals surface area contributed by atoms with Crippen molar-refractivity contribution in [1.29, 1.82) is 0 Å². The lowest BCUT2D eigenvalue weighted by molar-refractivity contribution is -0.117. The second kappa shape index (κ2) is 8.34. The highest BCUT2D eigenvalue weighted by Crippen LogP contribution is 2.32.